The van der Waals surface area contributed by atoms with Gasteiger partial charge >= 0.3 is 0 Å². The molecule has 1 aliphatic rings. The molecule has 1 nitrogen and oxygen atoms in total. The molecular formula is C10H21N. The van der Waals surface area contributed by atoms with Crippen LogP contribution in [0.15, 0.2) is 0 Å². The Morgan fingerprint density at radius 1 is 1.45 bits per heavy atom. The van der Waals surface area contributed by atoms with Crippen LogP contribution in [0.25, 0.3) is 0 Å². The van der Waals surface area contributed by atoms with Gasteiger partial charge in [-0.1, -0.05) is 27.2 Å². The predicted molar refractivity (Wildman–Crippen MR) is 49.6 cm³/mol. The average molecular weight is 155 g/mol. The normalized spacial score (nSPS) is 35.2. The van der Waals surface area contributed by atoms with E-state index >= 15 is 0 Å². The maximum atomic E-state index is 3.62. The summed E-state index contributed by atoms with van der Waals surface area (Å²) < 4.78 is 0. The molecule has 1 heterocycles. The highest BCUT2D eigenvalue weighted by molar-refractivity contribution is 4.79. The smallest absolute Gasteiger partial charge is 0.00928 e. The van der Waals surface area contributed by atoms with Gasteiger partial charge in [0.2, 0.25) is 0 Å². The molecule has 1 N–H and O–H groups in total. The van der Waals surface area contributed by atoms with Gasteiger partial charge in [-0.05, 0) is 31.2 Å². The molecule has 0 aliphatic carbocycles. The van der Waals surface area contributed by atoms with Crippen LogP contribution in [0.2, 0.25) is 0 Å². The molecule has 1 heteroatoms. The quantitative estimate of drug-likeness (QED) is 0.645. The largest absolute Gasteiger partial charge is 0.313 e. The minimum absolute atomic E-state index is 0.802. The summed E-state index contributed by atoms with van der Waals surface area (Å²) in [6, 6.07) is 0.802. The van der Waals surface area contributed by atoms with Crippen molar-refractivity contribution in [3.63, 3.8) is 0 Å². The van der Waals surface area contributed by atoms with Gasteiger partial charge in [-0.15, -0.1) is 0 Å². The second-order valence-electron chi connectivity index (χ2n) is 4.08. The van der Waals surface area contributed by atoms with E-state index in [1.807, 2.05) is 0 Å². The fraction of sp³-hybridized carbons (Fsp3) is 1.00. The van der Waals surface area contributed by atoms with Crippen LogP contribution in [-0.4, -0.2) is 12.6 Å². The highest BCUT2D eigenvalue weighted by atomic mass is 14.9. The minimum Gasteiger partial charge on any atom is -0.313 e. The van der Waals surface area contributed by atoms with Gasteiger partial charge in [0.25, 0.3) is 0 Å². The zero-order valence-corrected chi connectivity index (χ0v) is 8.06. The van der Waals surface area contributed by atoms with E-state index in [4.69, 9.17) is 0 Å². The predicted octanol–water partition coefficient (Wildman–Crippen LogP) is 2.42. The summed E-state index contributed by atoms with van der Waals surface area (Å²) in [5.74, 6) is 1.76. The maximum Gasteiger partial charge on any atom is 0.00928 e. The lowest BCUT2D eigenvalue weighted by Gasteiger charge is -2.31. The van der Waals surface area contributed by atoms with Crippen LogP contribution in [0.4, 0.5) is 0 Å². The summed E-state index contributed by atoms with van der Waals surface area (Å²) >= 11 is 0. The third kappa shape index (κ3) is 2.48. The van der Waals surface area contributed by atoms with Crippen LogP contribution in [-0.2, 0) is 0 Å². The van der Waals surface area contributed by atoms with E-state index in [-0.39, 0.29) is 0 Å². The van der Waals surface area contributed by atoms with E-state index in [2.05, 4.69) is 26.1 Å². The molecule has 1 saturated heterocycles. The molecule has 0 aromatic rings. The summed E-state index contributed by atoms with van der Waals surface area (Å²) in [5, 5.41) is 3.62. The van der Waals surface area contributed by atoms with Crippen molar-refractivity contribution in [2.75, 3.05) is 6.54 Å². The van der Waals surface area contributed by atoms with Gasteiger partial charge in [-0.2, -0.15) is 0 Å². The highest BCUT2D eigenvalue weighted by Gasteiger charge is 2.20. The topological polar surface area (TPSA) is 12.0 Å². The molecule has 0 amide bonds. The third-order valence-corrected chi connectivity index (χ3v) is 3.03. The molecule has 1 rings (SSSR count). The Labute approximate surface area is 70.6 Å². The molecule has 11 heavy (non-hydrogen) atoms. The summed E-state index contributed by atoms with van der Waals surface area (Å²) in [5.41, 5.74) is 0. The summed E-state index contributed by atoms with van der Waals surface area (Å²) in [6.45, 7) is 8.20. The lowest BCUT2D eigenvalue weighted by atomic mass is 9.88. The van der Waals surface area contributed by atoms with Gasteiger partial charge in [-0.25, -0.2) is 0 Å². The lowest BCUT2D eigenvalue weighted by Crippen LogP contribution is -2.41. The number of hydrogen-bond acceptors (Lipinski definition) is 1. The second-order valence-corrected chi connectivity index (χ2v) is 4.08. The molecule has 0 bridgehead atoms. The van der Waals surface area contributed by atoms with Crippen LogP contribution in [0.5, 0.6) is 0 Å². The first kappa shape index (κ1) is 9.05. The summed E-state index contributed by atoms with van der Waals surface area (Å²) in [4.78, 5) is 0. The zero-order valence-electron chi connectivity index (χ0n) is 8.06. The summed E-state index contributed by atoms with van der Waals surface area (Å²) in [7, 11) is 0. The van der Waals surface area contributed by atoms with Gasteiger partial charge in [0, 0.05) is 6.04 Å². The fourth-order valence-corrected chi connectivity index (χ4v) is 1.79. The van der Waals surface area contributed by atoms with Gasteiger partial charge in [-0.3, -0.25) is 0 Å². The van der Waals surface area contributed by atoms with Crippen molar-refractivity contribution in [3.05, 3.63) is 0 Å². The molecule has 3 atom stereocenters. The van der Waals surface area contributed by atoms with Gasteiger partial charge in [0.05, 0.1) is 0 Å². The average Bonchev–Trinajstić information content (AvgIpc) is 2.05. The number of nitrogens with one attached hydrogen (secondary N) is 1. The third-order valence-electron chi connectivity index (χ3n) is 3.03. The van der Waals surface area contributed by atoms with E-state index in [0.717, 1.165) is 17.9 Å². The van der Waals surface area contributed by atoms with Crippen molar-refractivity contribution < 1.29 is 0 Å². The van der Waals surface area contributed by atoms with Crippen LogP contribution >= 0.6 is 0 Å². The first-order valence-corrected chi connectivity index (χ1v) is 4.97. The Morgan fingerprint density at radius 2 is 2.18 bits per heavy atom. The SMILES string of the molecule is CCC(C)C1CCC(C)CN1. The highest BCUT2D eigenvalue weighted by Crippen LogP contribution is 2.20. The maximum absolute atomic E-state index is 3.62. The van der Waals surface area contributed by atoms with Crippen LogP contribution < -0.4 is 5.32 Å². The number of piperidine rings is 1. The molecule has 66 valence electrons. The van der Waals surface area contributed by atoms with Crippen molar-refractivity contribution in [3.8, 4) is 0 Å². The molecule has 0 aromatic heterocycles. The fourth-order valence-electron chi connectivity index (χ4n) is 1.79. The van der Waals surface area contributed by atoms with Crippen molar-refractivity contribution in [2.45, 2.75) is 46.1 Å². The molecule has 0 aromatic carbocycles. The zero-order chi connectivity index (χ0) is 8.27. The minimum atomic E-state index is 0.802. The summed E-state index contributed by atoms with van der Waals surface area (Å²) in [6.07, 6.45) is 4.12. The van der Waals surface area contributed by atoms with Crippen molar-refractivity contribution in [1.82, 2.24) is 5.32 Å². The van der Waals surface area contributed by atoms with Crippen LogP contribution in [0, 0.1) is 11.8 Å². The monoisotopic (exact) mass is 155 g/mol. The van der Waals surface area contributed by atoms with E-state index in [9.17, 15) is 0 Å². The Balaban J connectivity index is 2.27. The second kappa shape index (κ2) is 4.10. The molecule has 0 spiro atoms. The Morgan fingerprint density at radius 3 is 2.64 bits per heavy atom. The first-order valence-electron chi connectivity index (χ1n) is 4.97. The number of rotatable bonds is 2. The Bertz CT molecular complexity index is 103. The lowest BCUT2D eigenvalue weighted by molar-refractivity contribution is 0.262. The Hall–Kier alpha value is -0.0400. The van der Waals surface area contributed by atoms with E-state index < -0.39 is 0 Å². The number of hydrogen-bond donors (Lipinski definition) is 1. The molecule has 1 aliphatic heterocycles. The standard InChI is InChI=1S/C10H21N/c1-4-9(3)10-6-5-8(2)7-11-10/h8-11H,4-7H2,1-3H3. The molecular weight excluding hydrogens is 134 g/mol. The van der Waals surface area contributed by atoms with E-state index in [1.54, 1.807) is 0 Å². The first-order chi connectivity index (χ1) is 5.24. The van der Waals surface area contributed by atoms with Crippen LogP contribution in [0.3, 0.4) is 0 Å². The van der Waals surface area contributed by atoms with Crippen molar-refractivity contribution in [1.29, 1.82) is 0 Å². The van der Waals surface area contributed by atoms with E-state index in [1.165, 1.54) is 25.8 Å². The molecule has 0 radical (unpaired) electrons. The van der Waals surface area contributed by atoms with Crippen LogP contribution in [0.1, 0.15) is 40.0 Å². The van der Waals surface area contributed by atoms with Crippen molar-refractivity contribution >= 4 is 0 Å². The molecule has 0 saturated carbocycles. The van der Waals surface area contributed by atoms with Gasteiger partial charge < -0.3 is 5.32 Å². The van der Waals surface area contributed by atoms with E-state index in [0.29, 0.717) is 0 Å². The van der Waals surface area contributed by atoms with Crippen molar-refractivity contribution in [2.24, 2.45) is 11.8 Å². The Kier molecular flexibility index (Phi) is 3.38. The molecule has 1 fully saturated rings. The van der Waals surface area contributed by atoms with Gasteiger partial charge in [0.1, 0.15) is 0 Å². The molecule has 3 unspecified atom stereocenters. The van der Waals surface area contributed by atoms with Gasteiger partial charge in [0.15, 0.2) is 0 Å².